The third-order valence-corrected chi connectivity index (χ3v) is 4.22. The molecule has 2 unspecified atom stereocenters. The first kappa shape index (κ1) is 13.0. The minimum absolute atomic E-state index is 0.0862. The Morgan fingerprint density at radius 2 is 1.80 bits per heavy atom. The lowest BCUT2D eigenvalue weighted by Gasteiger charge is -2.18. The molecule has 1 aliphatic rings. The van der Waals surface area contributed by atoms with Gasteiger partial charge < -0.3 is 16.2 Å². The molecule has 104 valence electrons. The second-order valence-corrected chi connectivity index (χ2v) is 5.57. The van der Waals surface area contributed by atoms with Crippen molar-refractivity contribution in [1.82, 2.24) is 0 Å². The molecule has 3 rings (SSSR count). The van der Waals surface area contributed by atoms with Crippen molar-refractivity contribution in [2.45, 2.75) is 32.4 Å². The summed E-state index contributed by atoms with van der Waals surface area (Å²) in [6, 6.07) is 12.6. The summed E-state index contributed by atoms with van der Waals surface area (Å²) < 4.78 is 0. The molecule has 0 amide bonds. The molecule has 0 saturated carbocycles. The number of aryl methyl sites for hydroxylation is 1. The summed E-state index contributed by atoms with van der Waals surface area (Å²) in [5.74, 6) is 0.366. The Labute approximate surface area is 119 Å². The van der Waals surface area contributed by atoms with Crippen LogP contribution in [-0.4, -0.2) is 5.11 Å². The Bertz CT molecular complexity index is 651. The fourth-order valence-electron chi connectivity index (χ4n) is 2.99. The summed E-state index contributed by atoms with van der Waals surface area (Å²) in [7, 11) is 0. The molecule has 0 spiro atoms. The van der Waals surface area contributed by atoms with Gasteiger partial charge in [0.1, 0.15) is 5.75 Å². The van der Waals surface area contributed by atoms with E-state index in [4.69, 9.17) is 5.73 Å². The number of rotatable bonds is 2. The molecule has 4 N–H and O–H groups in total. The van der Waals surface area contributed by atoms with Crippen molar-refractivity contribution in [2.24, 2.45) is 5.73 Å². The molecule has 3 nitrogen and oxygen atoms in total. The molecule has 0 aromatic heterocycles. The monoisotopic (exact) mass is 268 g/mol. The largest absolute Gasteiger partial charge is 0.507 e. The second kappa shape index (κ2) is 4.84. The molecule has 0 fully saturated rings. The first-order valence-electron chi connectivity index (χ1n) is 6.98. The Hall–Kier alpha value is -2.00. The number of hydrogen-bond donors (Lipinski definition) is 3. The average Bonchev–Trinajstić information content (AvgIpc) is 2.77. The van der Waals surface area contributed by atoms with Gasteiger partial charge in [-0.3, -0.25) is 0 Å². The molecule has 2 aromatic carbocycles. The third-order valence-electron chi connectivity index (χ3n) is 4.22. The maximum Gasteiger partial charge on any atom is 0.123 e. The van der Waals surface area contributed by atoms with E-state index in [0.29, 0.717) is 5.75 Å². The minimum Gasteiger partial charge on any atom is -0.507 e. The first-order chi connectivity index (χ1) is 9.58. The Balaban J connectivity index is 1.92. The summed E-state index contributed by atoms with van der Waals surface area (Å²) in [6.45, 7) is 3.85. The Morgan fingerprint density at radius 3 is 2.55 bits per heavy atom. The number of hydrogen-bond acceptors (Lipinski definition) is 3. The van der Waals surface area contributed by atoms with Gasteiger partial charge >= 0.3 is 0 Å². The molecule has 0 saturated heterocycles. The summed E-state index contributed by atoms with van der Waals surface area (Å²) in [4.78, 5) is 0. The average molecular weight is 268 g/mol. The SMILES string of the molecule is Cc1ccc(NC2CC(N)c3ccccc32)c(C)c1O. The molecule has 2 aromatic rings. The van der Waals surface area contributed by atoms with E-state index in [1.54, 1.807) is 0 Å². The van der Waals surface area contributed by atoms with Gasteiger partial charge in [0, 0.05) is 17.3 Å². The number of fused-ring (bicyclic) bond motifs is 1. The van der Waals surface area contributed by atoms with Crippen LogP contribution in [0.5, 0.6) is 5.75 Å². The van der Waals surface area contributed by atoms with E-state index in [1.807, 2.05) is 38.1 Å². The van der Waals surface area contributed by atoms with Crippen LogP contribution in [0.1, 0.15) is 40.8 Å². The van der Waals surface area contributed by atoms with Crippen molar-refractivity contribution in [1.29, 1.82) is 0 Å². The highest BCUT2D eigenvalue weighted by Gasteiger charge is 2.28. The molecule has 0 radical (unpaired) electrons. The molecular formula is C17H20N2O. The molecule has 0 bridgehead atoms. The highest BCUT2D eigenvalue weighted by Crippen LogP contribution is 2.40. The van der Waals surface area contributed by atoms with E-state index in [9.17, 15) is 5.11 Å². The lowest BCUT2D eigenvalue weighted by atomic mass is 10.1. The number of anilines is 1. The van der Waals surface area contributed by atoms with Gasteiger partial charge in [-0.15, -0.1) is 0 Å². The highest BCUT2D eigenvalue weighted by molar-refractivity contribution is 5.60. The van der Waals surface area contributed by atoms with Gasteiger partial charge in [0.2, 0.25) is 0 Å². The molecule has 20 heavy (non-hydrogen) atoms. The Morgan fingerprint density at radius 1 is 1.10 bits per heavy atom. The summed E-state index contributed by atoms with van der Waals surface area (Å²) in [5.41, 5.74) is 11.4. The van der Waals surface area contributed by atoms with Gasteiger partial charge in [0.05, 0.1) is 6.04 Å². The van der Waals surface area contributed by atoms with Crippen LogP contribution in [0.25, 0.3) is 0 Å². The molecule has 3 heteroatoms. The van der Waals surface area contributed by atoms with Crippen LogP contribution in [0.4, 0.5) is 5.69 Å². The zero-order chi connectivity index (χ0) is 14.3. The van der Waals surface area contributed by atoms with Gasteiger partial charge in [-0.25, -0.2) is 0 Å². The molecule has 1 aliphatic carbocycles. The maximum atomic E-state index is 10.0. The number of nitrogens with two attached hydrogens (primary N) is 1. The number of phenols is 1. The fraction of sp³-hybridized carbons (Fsp3) is 0.294. The van der Waals surface area contributed by atoms with E-state index in [-0.39, 0.29) is 12.1 Å². The lowest BCUT2D eigenvalue weighted by molar-refractivity contribution is 0.467. The zero-order valence-corrected chi connectivity index (χ0v) is 11.9. The number of nitrogens with one attached hydrogen (secondary N) is 1. The van der Waals surface area contributed by atoms with Gasteiger partial charge in [0.25, 0.3) is 0 Å². The quantitative estimate of drug-likeness (QED) is 0.780. The van der Waals surface area contributed by atoms with Crippen LogP contribution in [0, 0.1) is 13.8 Å². The number of benzene rings is 2. The van der Waals surface area contributed by atoms with E-state index in [2.05, 4.69) is 17.4 Å². The summed E-state index contributed by atoms with van der Waals surface area (Å²) >= 11 is 0. The van der Waals surface area contributed by atoms with E-state index in [1.165, 1.54) is 11.1 Å². The molecule has 0 aliphatic heterocycles. The van der Waals surface area contributed by atoms with Gasteiger partial charge in [-0.05, 0) is 43.0 Å². The van der Waals surface area contributed by atoms with E-state index in [0.717, 1.165) is 23.2 Å². The van der Waals surface area contributed by atoms with Crippen molar-refractivity contribution >= 4 is 5.69 Å². The predicted octanol–water partition coefficient (Wildman–Crippen LogP) is 3.57. The molecule has 0 heterocycles. The van der Waals surface area contributed by atoms with Crippen LogP contribution in [0.3, 0.4) is 0 Å². The van der Waals surface area contributed by atoms with Crippen molar-refractivity contribution in [2.75, 3.05) is 5.32 Å². The van der Waals surface area contributed by atoms with Crippen LogP contribution in [-0.2, 0) is 0 Å². The van der Waals surface area contributed by atoms with Crippen molar-refractivity contribution < 1.29 is 5.11 Å². The van der Waals surface area contributed by atoms with Crippen molar-refractivity contribution in [3.05, 3.63) is 58.7 Å². The number of aromatic hydroxyl groups is 1. The summed E-state index contributed by atoms with van der Waals surface area (Å²) in [6.07, 6.45) is 0.882. The number of phenolic OH excluding ortho intramolecular Hbond substituents is 1. The lowest BCUT2D eigenvalue weighted by Crippen LogP contribution is -2.10. The normalized spacial score (nSPS) is 20.8. The van der Waals surface area contributed by atoms with Gasteiger partial charge in [0.15, 0.2) is 0 Å². The van der Waals surface area contributed by atoms with E-state index >= 15 is 0 Å². The van der Waals surface area contributed by atoms with Crippen LogP contribution in [0.2, 0.25) is 0 Å². The minimum atomic E-state index is 0.0862. The second-order valence-electron chi connectivity index (χ2n) is 5.57. The first-order valence-corrected chi connectivity index (χ1v) is 6.98. The van der Waals surface area contributed by atoms with Crippen LogP contribution >= 0.6 is 0 Å². The third kappa shape index (κ3) is 2.04. The standard InChI is InChI=1S/C17H20N2O/c1-10-7-8-15(11(2)17(10)20)19-16-9-14(18)12-5-3-4-6-13(12)16/h3-8,14,16,19-20H,9,18H2,1-2H3. The van der Waals surface area contributed by atoms with Crippen LogP contribution in [0.15, 0.2) is 36.4 Å². The fourth-order valence-corrected chi connectivity index (χ4v) is 2.99. The maximum absolute atomic E-state index is 10.0. The Kier molecular flexibility index (Phi) is 3.14. The molecule has 2 atom stereocenters. The van der Waals surface area contributed by atoms with Gasteiger partial charge in [-0.1, -0.05) is 30.3 Å². The predicted molar refractivity (Wildman–Crippen MR) is 81.9 cm³/mol. The van der Waals surface area contributed by atoms with Gasteiger partial charge in [-0.2, -0.15) is 0 Å². The van der Waals surface area contributed by atoms with Crippen molar-refractivity contribution in [3.8, 4) is 5.75 Å². The zero-order valence-electron chi connectivity index (χ0n) is 11.9. The van der Waals surface area contributed by atoms with Crippen molar-refractivity contribution in [3.63, 3.8) is 0 Å². The van der Waals surface area contributed by atoms with E-state index < -0.39 is 0 Å². The summed E-state index contributed by atoms with van der Waals surface area (Å²) in [5, 5.41) is 13.6. The highest BCUT2D eigenvalue weighted by atomic mass is 16.3. The molecular weight excluding hydrogens is 248 g/mol. The smallest absolute Gasteiger partial charge is 0.123 e. The topological polar surface area (TPSA) is 58.3 Å². The van der Waals surface area contributed by atoms with Crippen LogP contribution < -0.4 is 11.1 Å².